The summed E-state index contributed by atoms with van der Waals surface area (Å²) < 4.78 is 0. The van der Waals surface area contributed by atoms with E-state index in [1.165, 1.54) is 11.3 Å². The number of carbonyl (C=O) groups excluding carboxylic acids is 2. The van der Waals surface area contributed by atoms with Crippen LogP contribution in [0.1, 0.15) is 21.1 Å². The molecule has 1 aliphatic rings. The largest absolute Gasteiger partial charge is 0.337 e. The summed E-state index contributed by atoms with van der Waals surface area (Å²) in [5, 5.41) is 6.38. The predicted molar refractivity (Wildman–Crippen MR) is 107 cm³/mol. The van der Waals surface area contributed by atoms with Crippen LogP contribution in [0.5, 0.6) is 0 Å². The molecule has 0 saturated carbocycles. The van der Waals surface area contributed by atoms with Crippen molar-refractivity contribution in [3.05, 3.63) is 52.0 Å². The average molecular weight is 399 g/mol. The average Bonchev–Trinajstić information content (AvgIpc) is 3.20. The molecule has 0 atom stereocenters. The van der Waals surface area contributed by atoms with Crippen LogP contribution < -0.4 is 5.32 Å². The maximum absolute atomic E-state index is 12.4. The monoisotopic (exact) mass is 398 g/mol. The van der Waals surface area contributed by atoms with Gasteiger partial charge >= 0.3 is 0 Å². The third-order valence-corrected chi connectivity index (χ3v) is 6.28. The Kier molecular flexibility index (Phi) is 4.75. The van der Waals surface area contributed by atoms with E-state index in [0.717, 1.165) is 21.3 Å². The Hall–Kier alpha value is -2.58. The summed E-state index contributed by atoms with van der Waals surface area (Å²) in [5.41, 5.74) is 2.44. The van der Waals surface area contributed by atoms with E-state index in [2.05, 4.69) is 15.3 Å². The molecule has 3 aromatic rings. The molecular weight excluding hydrogens is 380 g/mol. The summed E-state index contributed by atoms with van der Waals surface area (Å²) in [4.78, 5) is 36.4. The molecule has 4 rings (SSSR count). The third-order valence-electron chi connectivity index (χ3n) is 4.43. The van der Waals surface area contributed by atoms with Crippen molar-refractivity contribution in [2.24, 2.45) is 5.92 Å². The minimum atomic E-state index is -0.197. The van der Waals surface area contributed by atoms with Crippen molar-refractivity contribution in [1.29, 1.82) is 0 Å². The van der Waals surface area contributed by atoms with Crippen molar-refractivity contribution < 1.29 is 9.59 Å². The fourth-order valence-electron chi connectivity index (χ4n) is 2.99. The molecule has 1 aromatic carbocycles. The van der Waals surface area contributed by atoms with E-state index >= 15 is 0 Å². The quantitative estimate of drug-likeness (QED) is 0.729. The van der Waals surface area contributed by atoms with Crippen LogP contribution in [0.15, 0.2) is 35.7 Å². The molecule has 0 aliphatic carbocycles. The SMILES string of the molecule is Cc1nc(C)c(-c2csc(NC(=O)C3CN(C(=O)c4ccccc4)C3)n2)s1. The first kappa shape index (κ1) is 17.8. The second-order valence-electron chi connectivity index (χ2n) is 6.45. The number of rotatable bonds is 4. The molecule has 1 N–H and O–H groups in total. The lowest BCUT2D eigenvalue weighted by Crippen LogP contribution is -2.54. The molecule has 0 bridgehead atoms. The zero-order chi connectivity index (χ0) is 19.0. The number of hydrogen-bond donors (Lipinski definition) is 1. The molecular formula is C19H18N4O2S2. The van der Waals surface area contributed by atoms with E-state index in [4.69, 9.17) is 0 Å². The fraction of sp³-hybridized carbons (Fsp3) is 0.263. The number of benzene rings is 1. The van der Waals surface area contributed by atoms with E-state index in [1.54, 1.807) is 28.4 Å². The second kappa shape index (κ2) is 7.21. The first-order chi connectivity index (χ1) is 13.0. The molecule has 0 radical (unpaired) electrons. The van der Waals surface area contributed by atoms with E-state index in [-0.39, 0.29) is 17.7 Å². The van der Waals surface area contributed by atoms with Crippen molar-refractivity contribution in [2.75, 3.05) is 18.4 Å². The summed E-state index contributed by atoms with van der Waals surface area (Å²) >= 11 is 3.00. The van der Waals surface area contributed by atoms with Gasteiger partial charge in [0, 0.05) is 24.0 Å². The minimum absolute atomic E-state index is 0.0350. The predicted octanol–water partition coefficient (Wildman–Crippen LogP) is 3.59. The molecule has 2 amide bonds. The topological polar surface area (TPSA) is 75.2 Å². The van der Waals surface area contributed by atoms with Crippen LogP contribution in [0.25, 0.3) is 10.6 Å². The third kappa shape index (κ3) is 3.63. The van der Waals surface area contributed by atoms with Crippen molar-refractivity contribution >= 4 is 39.6 Å². The van der Waals surface area contributed by atoms with E-state index < -0.39 is 0 Å². The number of thiazole rings is 2. The van der Waals surface area contributed by atoms with Crippen molar-refractivity contribution in [1.82, 2.24) is 14.9 Å². The van der Waals surface area contributed by atoms with Crippen LogP contribution in [0.4, 0.5) is 5.13 Å². The smallest absolute Gasteiger partial charge is 0.253 e. The lowest BCUT2D eigenvalue weighted by molar-refractivity contribution is -0.123. The van der Waals surface area contributed by atoms with Crippen LogP contribution in [-0.4, -0.2) is 39.8 Å². The van der Waals surface area contributed by atoms with Gasteiger partial charge in [0.15, 0.2) is 5.13 Å². The Morgan fingerprint density at radius 3 is 2.56 bits per heavy atom. The number of likely N-dealkylation sites (tertiary alicyclic amines) is 1. The first-order valence-corrected chi connectivity index (χ1v) is 10.3. The van der Waals surface area contributed by atoms with Gasteiger partial charge in [-0.1, -0.05) is 18.2 Å². The Morgan fingerprint density at radius 2 is 1.89 bits per heavy atom. The molecule has 27 heavy (non-hydrogen) atoms. The normalized spacial score (nSPS) is 14.1. The van der Waals surface area contributed by atoms with Crippen LogP contribution in [0.3, 0.4) is 0 Å². The zero-order valence-electron chi connectivity index (χ0n) is 14.9. The number of anilines is 1. The van der Waals surface area contributed by atoms with E-state index in [0.29, 0.717) is 23.8 Å². The maximum Gasteiger partial charge on any atom is 0.253 e. The maximum atomic E-state index is 12.4. The van der Waals surface area contributed by atoms with E-state index in [1.807, 2.05) is 37.4 Å². The Bertz CT molecular complexity index is 990. The molecule has 2 aromatic heterocycles. The molecule has 6 nitrogen and oxygen atoms in total. The molecule has 1 saturated heterocycles. The van der Waals surface area contributed by atoms with Gasteiger partial charge in [-0.15, -0.1) is 22.7 Å². The molecule has 138 valence electrons. The lowest BCUT2D eigenvalue weighted by atomic mass is 9.98. The highest BCUT2D eigenvalue weighted by Crippen LogP contribution is 2.32. The Morgan fingerprint density at radius 1 is 1.15 bits per heavy atom. The summed E-state index contributed by atoms with van der Waals surface area (Å²) in [6.07, 6.45) is 0. The van der Waals surface area contributed by atoms with Gasteiger partial charge in [-0.3, -0.25) is 9.59 Å². The highest BCUT2D eigenvalue weighted by Gasteiger charge is 2.36. The van der Waals surface area contributed by atoms with Gasteiger partial charge in [0.1, 0.15) is 0 Å². The molecule has 1 fully saturated rings. The number of hydrogen-bond acceptors (Lipinski definition) is 6. The standard InChI is InChI=1S/C19H18N4O2S2/c1-11-16(27-12(2)20-11)15-10-26-19(21-15)22-17(24)14-8-23(9-14)18(25)13-6-4-3-5-7-13/h3-7,10,14H,8-9H2,1-2H3,(H,21,22,24). The Balaban J connectivity index is 1.35. The van der Waals surface area contributed by atoms with Crippen molar-refractivity contribution in [3.8, 4) is 10.6 Å². The number of aryl methyl sites for hydroxylation is 2. The number of amides is 2. The summed E-state index contributed by atoms with van der Waals surface area (Å²) in [5.74, 6) is -0.324. The van der Waals surface area contributed by atoms with Crippen molar-refractivity contribution in [2.45, 2.75) is 13.8 Å². The van der Waals surface area contributed by atoms with Gasteiger partial charge in [-0.25, -0.2) is 9.97 Å². The van der Waals surface area contributed by atoms with Gasteiger partial charge in [-0.05, 0) is 26.0 Å². The summed E-state index contributed by atoms with van der Waals surface area (Å²) in [6, 6.07) is 9.12. The number of nitrogens with zero attached hydrogens (tertiary/aromatic N) is 3. The number of nitrogens with one attached hydrogen (secondary N) is 1. The van der Waals surface area contributed by atoms with Gasteiger partial charge < -0.3 is 10.2 Å². The molecule has 8 heteroatoms. The highest BCUT2D eigenvalue weighted by molar-refractivity contribution is 7.16. The van der Waals surface area contributed by atoms with Gasteiger partial charge in [0.05, 0.1) is 27.2 Å². The van der Waals surface area contributed by atoms with Crippen molar-refractivity contribution in [3.63, 3.8) is 0 Å². The van der Waals surface area contributed by atoms with Gasteiger partial charge in [0.25, 0.3) is 5.91 Å². The zero-order valence-corrected chi connectivity index (χ0v) is 16.6. The summed E-state index contributed by atoms with van der Waals surface area (Å²) in [6.45, 7) is 4.80. The van der Waals surface area contributed by atoms with Crippen LogP contribution in [0.2, 0.25) is 0 Å². The van der Waals surface area contributed by atoms with Crippen LogP contribution in [-0.2, 0) is 4.79 Å². The second-order valence-corrected chi connectivity index (χ2v) is 8.51. The summed E-state index contributed by atoms with van der Waals surface area (Å²) in [7, 11) is 0. The first-order valence-electron chi connectivity index (χ1n) is 8.56. The number of carbonyl (C=O) groups is 2. The van der Waals surface area contributed by atoms with E-state index in [9.17, 15) is 9.59 Å². The highest BCUT2D eigenvalue weighted by atomic mass is 32.1. The lowest BCUT2D eigenvalue weighted by Gasteiger charge is -2.38. The fourth-order valence-corrected chi connectivity index (χ4v) is 4.64. The molecule has 1 aliphatic heterocycles. The molecule has 3 heterocycles. The van der Waals surface area contributed by atoms with Crippen LogP contribution >= 0.6 is 22.7 Å². The molecule has 0 spiro atoms. The Labute approximate surface area is 164 Å². The minimum Gasteiger partial charge on any atom is -0.337 e. The molecule has 0 unspecified atom stereocenters. The van der Waals surface area contributed by atoms with Gasteiger partial charge in [-0.2, -0.15) is 0 Å². The van der Waals surface area contributed by atoms with Gasteiger partial charge in [0.2, 0.25) is 5.91 Å². The van der Waals surface area contributed by atoms with Crippen LogP contribution in [0, 0.1) is 19.8 Å². The number of aromatic nitrogens is 2.